The predicted molar refractivity (Wildman–Crippen MR) is 90.1 cm³/mol. The van der Waals surface area contributed by atoms with Crippen LogP contribution in [0.3, 0.4) is 0 Å². The van der Waals surface area contributed by atoms with Gasteiger partial charge in [0.15, 0.2) is 0 Å². The van der Waals surface area contributed by atoms with Gasteiger partial charge in [-0.15, -0.1) is 0 Å². The Bertz CT molecular complexity index is 427. The molecule has 0 aliphatic heterocycles. The van der Waals surface area contributed by atoms with Gasteiger partial charge in [-0.1, -0.05) is 33.1 Å². The fourth-order valence-electron chi connectivity index (χ4n) is 3.32. The minimum Gasteiger partial charge on any atom is -0.370 e. The van der Waals surface area contributed by atoms with Gasteiger partial charge in [0.2, 0.25) is 0 Å². The maximum absolute atomic E-state index is 4.66. The molecule has 0 amide bonds. The Kier molecular flexibility index (Phi) is 6.27. The molecule has 1 heterocycles. The van der Waals surface area contributed by atoms with Crippen LogP contribution in [0.2, 0.25) is 0 Å². The van der Waals surface area contributed by atoms with Crippen LogP contribution in [0.15, 0.2) is 6.33 Å². The topological polar surface area (TPSA) is 41.1 Å². The molecule has 0 aromatic carbocycles. The maximum atomic E-state index is 4.66. The lowest BCUT2D eigenvalue weighted by atomic mass is 10.1. The van der Waals surface area contributed by atoms with E-state index in [1.165, 1.54) is 37.1 Å². The summed E-state index contributed by atoms with van der Waals surface area (Å²) in [7, 11) is 0. The van der Waals surface area contributed by atoms with Crippen molar-refractivity contribution >= 4 is 11.6 Å². The summed E-state index contributed by atoms with van der Waals surface area (Å²) < 4.78 is 0. The zero-order chi connectivity index (χ0) is 15.1. The number of anilines is 2. The first-order valence-corrected chi connectivity index (χ1v) is 8.66. The summed E-state index contributed by atoms with van der Waals surface area (Å²) in [6, 6.07) is 0.666. The minimum atomic E-state index is 0.666. The van der Waals surface area contributed by atoms with Gasteiger partial charge in [0.1, 0.15) is 18.0 Å². The number of hydrogen-bond donors (Lipinski definition) is 1. The van der Waals surface area contributed by atoms with E-state index in [1.54, 1.807) is 6.33 Å². The average Bonchev–Trinajstić information content (AvgIpc) is 3.02. The molecule has 0 spiro atoms. The van der Waals surface area contributed by atoms with Gasteiger partial charge >= 0.3 is 0 Å². The van der Waals surface area contributed by atoms with Gasteiger partial charge in [0, 0.05) is 24.7 Å². The number of hydrogen-bond acceptors (Lipinski definition) is 4. The molecule has 0 bridgehead atoms. The molecule has 0 saturated heterocycles. The molecule has 1 aromatic heterocycles. The van der Waals surface area contributed by atoms with Crippen molar-refractivity contribution in [1.29, 1.82) is 0 Å². The number of rotatable bonds is 8. The molecule has 21 heavy (non-hydrogen) atoms. The normalized spacial score (nSPS) is 15.4. The third kappa shape index (κ3) is 3.86. The van der Waals surface area contributed by atoms with E-state index in [0.29, 0.717) is 6.04 Å². The van der Waals surface area contributed by atoms with Crippen LogP contribution in [0, 0.1) is 0 Å². The van der Waals surface area contributed by atoms with Crippen LogP contribution in [0.1, 0.15) is 64.9 Å². The molecule has 1 saturated carbocycles. The minimum absolute atomic E-state index is 0.666. The van der Waals surface area contributed by atoms with Crippen LogP contribution in [0.25, 0.3) is 0 Å². The van der Waals surface area contributed by atoms with Crippen LogP contribution in [0.4, 0.5) is 11.6 Å². The van der Waals surface area contributed by atoms with Crippen LogP contribution in [-0.2, 0) is 6.42 Å². The highest BCUT2D eigenvalue weighted by molar-refractivity contribution is 5.59. The second-order valence-corrected chi connectivity index (χ2v) is 5.93. The number of aromatic nitrogens is 2. The lowest BCUT2D eigenvalue weighted by Crippen LogP contribution is -2.34. The van der Waals surface area contributed by atoms with Crippen molar-refractivity contribution in [3.8, 4) is 0 Å². The number of nitrogens with one attached hydrogen (secondary N) is 1. The Balaban J connectivity index is 2.30. The highest BCUT2D eigenvalue weighted by atomic mass is 15.2. The molecular formula is C17H30N4. The Morgan fingerprint density at radius 3 is 2.52 bits per heavy atom. The quantitative estimate of drug-likeness (QED) is 0.785. The summed E-state index contributed by atoms with van der Waals surface area (Å²) in [5, 5.41) is 3.48. The van der Waals surface area contributed by atoms with Gasteiger partial charge in [-0.05, 0) is 32.6 Å². The van der Waals surface area contributed by atoms with Crippen molar-refractivity contribution < 1.29 is 0 Å². The maximum Gasteiger partial charge on any atom is 0.137 e. The van der Waals surface area contributed by atoms with Crippen molar-refractivity contribution in [3.05, 3.63) is 11.9 Å². The van der Waals surface area contributed by atoms with Crippen LogP contribution < -0.4 is 10.2 Å². The standard InChI is InChI=1S/C17H30N4/c1-4-9-15-16(18-12-5-2)19-13-20-17(15)21(6-3)14-10-7-8-11-14/h13-14H,4-12H2,1-3H3,(H,18,19,20). The molecule has 1 aliphatic rings. The summed E-state index contributed by atoms with van der Waals surface area (Å²) in [4.78, 5) is 11.7. The number of nitrogens with zero attached hydrogens (tertiary/aromatic N) is 3. The fraction of sp³-hybridized carbons (Fsp3) is 0.765. The van der Waals surface area contributed by atoms with Gasteiger partial charge in [-0.25, -0.2) is 9.97 Å². The Hall–Kier alpha value is -1.32. The van der Waals surface area contributed by atoms with Crippen molar-refractivity contribution in [2.24, 2.45) is 0 Å². The van der Waals surface area contributed by atoms with E-state index in [1.807, 2.05) is 0 Å². The first-order valence-electron chi connectivity index (χ1n) is 8.66. The molecule has 4 nitrogen and oxygen atoms in total. The van der Waals surface area contributed by atoms with E-state index >= 15 is 0 Å². The monoisotopic (exact) mass is 290 g/mol. The smallest absolute Gasteiger partial charge is 0.137 e. The van der Waals surface area contributed by atoms with Crippen molar-refractivity contribution in [2.45, 2.75) is 71.8 Å². The second-order valence-electron chi connectivity index (χ2n) is 5.93. The van der Waals surface area contributed by atoms with Gasteiger partial charge in [0.25, 0.3) is 0 Å². The first-order chi connectivity index (χ1) is 10.3. The van der Waals surface area contributed by atoms with Crippen LogP contribution in [0.5, 0.6) is 0 Å². The molecule has 0 radical (unpaired) electrons. The van der Waals surface area contributed by atoms with E-state index in [-0.39, 0.29) is 0 Å². The summed E-state index contributed by atoms with van der Waals surface area (Å²) in [5.41, 5.74) is 1.31. The Labute approximate surface area is 129 Å². The SMILES string of the molecule is CCCNc1ncnc(N(CC)C2CCCC2)c1CCC. The Morgan fingerprint density at radius 1 is 1.14 bits per heavy atom. The molecule has 0 unspecified atom stereocenters. The molecule has 1 fully saturated rings. The van der Waals surface area contributed by atoms with E-state index in [2.05, 4.69) is 41.0 Å². The highest BCUT2D eigenvalue weighted by Gasteiger charge is 2.25. The van der Waals surface area contributed by atoms with Crippen molar-refractivity contribution in [1.82, 2.24) is 9.97 Å². The van der Waals surface area contributed by atoms with E-state index in [0.717, 1.165) is 38.2 Å². The Morgan fingerprint density at radius 2 is 1.90 bits per heavy atom. The fourth-order valence-corrected chi connectivity index (χ4v) is 3.32. The second kappa shape index (κ2) is 8.20. The van der Waals surface area contributed by atoms with Gasteiger partial charge < -0.3 is 10.2 Å². The zero-order valence-corrected chi connectivity index (χ0v) is 13.9. The largest absolute Gasteiger partial charge is 0.370 e. The molecule has 2 rings (SSSR count). The lowest BCUT2D eigenvalue weighted by Gasteiger charge is -2.31. The highest BCUT2D eigenvalue weighted by Crippen LogP contribution is 2.31. The third-order valence-electron chi connectivity index (χ3n) is 4.34. The van der Waals surface area contributed by atoms with Gasteiger partial charge in [-0.3, -0.25) is 0 Å². The molecule has 118 valence electrons. The lowest BCUT2D eigenvalue weighted by molar-refractivity contribution is 0.608. The molecule has 0 atom stereocenters. The first kappa shape index (κ1) is 16.1. The van der Waals surface area contributed by atoms with Gasteiger partial charge in [0.05, 0.1) is 0 Å². The zero-order valence-electron chi connectivity index (χ0n) is 13.9. The molecular weight excluding hydrogens is 260 g/mol. The summed E-state index contributed by atoms with van der Waals surface area (Å²) >= 11 is 0. The predicted octanol–water partition coefficient (Wildman–Crippen LogP) is 4.02. The summed E-state index contributed by atoms with van der Waals surface area (Å²) in [6.07, 6.45) is 10.3. The molecule has 1 aromatic rings. The molecule has 1 aliphatic carbocycles. The summed E-state index contributed by atoms with van der Waals surface area (Å²) in [6.45, 7) is 8.67. The van der Waals surface area contributed by atoms with Crippen molar-refractivity contribution in [3.63, 3.8) is 0 Å². The van der Waals surface area contributed by atoms with E-state index in [9.17, 15) is 0 Å². The molecule has 1 N–H and O–H groups in total. The van der Waals surface area contributed by atoms with E-state index < -0.39 is 0 Å². The van der Waals surface area contributed by atoms with Crippen LogP contribution in [-0.4, -0.2) is 29.1 Å². The molecule has 4 heteroatoms. The third-order valence-corrected chi connectivity index (χ3v) is 4.34. The van der Waals surface area contributed by atoms with Gasteiger partial charge in [-0.2, -0.15) is 0 Å². The van der Waals surface area contributed by atoms with Crippen LogP contribution >= 0.6 is 0 Å². The van der Waals surface area contributed by atoms with Crippen molar-refractivity contribution in [2.75, 3.05) is 23.3 Å². The average molecular weight is 290 g/mol. The van der Waals surface area contributed by atoms with E-state index in [4.69, 9.17) is 0 Å². The summed E-state index contributed by atoms with van der Waals surface area (Å²) in [5.74, 6) is 2.21.